The molecule has 0 atom stereocenters. The molecule has 3 aromatic rings. The van der Waals surface area contributed by atoms with Gasteiger partial charge in [0.05, 0.1) is 25.0 Å². The Morgan fingerprint density at radius 1 is 1.17 bits per heavy atom. The first-order chi connectivity index (χ1) is 11.7. The van der Waals surface area contributed by atoms with Crippen molar-refractivity contribution < 1.29 is 13.9 Å². The maximum Gasteiger partial charge on any atom is 0.360 e. The van der Waals surface area contributed by atoms with Crippen molar-refractivity contribution in [1.29, 1.82) is 0 Å². The standard InChI is InChI=1S/C17H15FN4O2/c18-14-6-4-13(5-7-14)8-10-24-17(23)16-12-22(21-20-16)11-15-3-1-2-9-19-15/h1-7,9,12H,8,10-11H2. The summed E-state index contributed by atoms with van der Waals surface area (Å²) in [5.41, 5.74) is 1.85. The molecule has 2 aromatic heterocycles. The van der Waals surface area contributed by atoms with E-state index in [2.05, 4.69) is 15.3 Å². The Hall–Kier alpha value is -3.09. The molecule has 0 unspecified atom stereocenters. The van der Waals surface area contributed by atoms with Crippen LogP contribution in [0.1, 0.15) is 21.7 Å². The summed E-state index contributed by atoms with van der Waals surface area (Å²) in [6, 6.07) is 11.6. The van der Waals surface area contributed by atoms with Gasteiger partial charge >= 0.3 is 5.97 Å². The average molecular weight is 326 g/mol. The van der Waals surface area contributed by atoms with Gasteiger partial charge in [-0.05, 0) is 29.8 Å². The summed E-state index contributed by atoms with van der Waals surface area (Å²) in [5.74, 6) is -0.829. The van der Waals surface area contributed by atoms with Crippen molar-refractivity contribution in [2.45, 2.75) is 13.0 Å². The number of rotatable bonds is 6. The molecule has 6 nitrogen and oxygen atoms in total. The highest BCUT2D eigenvalue weighted by atomic mass is 19.1. The van der Waals surface area contributed by atoms with Crippen LogP contribution in [0.15, 0.2) is 54.9 Å². The topological polar surface area (TPSA) is 69.9 Å². The molecule has 7 heteroatoms. The van der Waals surface area contributed by atoms with E-state index >= 15 is 0 Å². The zero-order valence-corrected chi connectivity index (χ0v) is 12.8. The lowest BCUT2D eigenvalue weighted by Gasteiger charge is -2.03. The molecule has 0 radical (unpaired) electrons. The number of aromatic nitrogens is 4. The molecule has 3 rings (SSSR count). The fourth-order valence-electron chi connectivity index (χ4n) is 2.11. The number of benzene rings is 1. The molecule has 1 aromatic carbocycles. The first-order valence-corrected chi connectivity index (χ1v) is 7.42. The predicted octanol–water partition coefficient (Wildman–Crippen LogP) is 2.26. The van der Waals surface area contributed by atoms with Gasteiger partial charge in [-0.15, -0.1) is 5.10 Å². The van der Waals surface area contributed by atoms with Crippen LogP contribution in [0.25, 0.3) is 0 Å². The van der Waals surface area contributed by atoms with E-state index in [1.54, 1.807) is 18.3 Å². The number of esters is 1. The summed E-state index contributed by atoms with van der Waals surface area (Å²) >= 11 is 0. The van der Waals surface area contributed by atoms with Crippen molar-refractivity contribution in [2.24, 2.45) is 0 Å². The van der Waals surface area contributed by atoms with E-state index in [1.807, 2.05) is 18.2 Å². The Morgan fingerprint density at radius 2 is 2.00 bits per heavy atom. The fraction of sp³-hybridized carbons (Fsp3) is 0.176. The van der Waals surface area contributed by atoms with E-state index in [1.165, 1.54) is 23.0 Å². The van der Waals surface area contributed by atoms with Gasteiger partial charge in [0, 0.05) is 12.6 Å². The molecule has 24 heavy (non-hydrogen) atoms. The van der Waals surface area contributed by atoms with E-state index < -0.39 is 5.97 Å². The second-order valence-electron chi connectivity index (χ2n) is 5.13. The maximum absolute atomic E-state index is 12.8. The van der Waals surface area contributed by atoms with Crippen molar-refractivity contribution in [1.82, 2.24) is 20.0 Å². The molecule has 0 saturated heterocycles. The van der Waals surface area contributed by atoms with E-state index in [4.69, 9.17) is 4.74 Å². The van der Waals surface area contributed by atoms with Crippen LogP contribution in [0.2, 0.25) is 0 Å². The molecule has 0 spiro atoms. The fourth-order valence-corrected chi connectivity index (χ4v) is 2.11. The highest BCUT2D eigenvalue weighted by Gasteiger charge is 2.12. The molecule has 0 aliphatic rings. The van der Waals surface area contributed by atoms with Gasteiger partial charge in [0.1, 0.15) is 5.82 Å². The number of halogens is 1. The minimum absolute atomic E-state index is 0.144. The van der Waals surface area contributed by atoms with Gasteiger partial charge in [-0.1, -0.05) is 23.4 Å². The Bertz CT molecular complexity index is 803. The summed E-state index contributed by atoms with van der Waals surface area (Å²) in [6.45, 7) is 0.619. The maximum atomic E-state index is 12.8. The molecule has 0 saturated carbocycles. The van der Waals surface area contributed by atoms with E-state index in [0.717, 1.165) is 11.3 Å². The molecule has 0 N–H and O–H groups in total. The molecule has 2 heterocycles. The summed E-state index contributed by atoms with van der Waals surface area (Å²) in [4.78, 5) is 16.1. The van der Waals surface area contributed by atoms with E-state index in [-0.39, 0.29) is 18.1 Å². The third kappa shape index (κ3) is 4.22. The normalized spacial score (nSPS) is 10.5. The van der Waals surface area contributed by atoms with Crippen molar-refractivity contribution in [2.75, 3.05) is 6.61 Å². The molecule has 122 valence electrons. The van der Waals surface area contributed by atoms with Gasteiger partial charge in [-0.2, -0.15) is 0 Å². The SMILES string of the molecule is O=C(OCCc1ccc(F)cc1)c1cn(Cc2ccccn2)nn1. The zero-order valence-electron chi connectivity index (χ0n) is 12.8. The minimum atomic E-state index is -0.538. The van der Waals surface area contributed by atoms with Crippen LogP contribution >= 0.6 is 0 Å². The number of carbonyl (C=O) groups is 1. The van der Waals surface area contributed by atoms with Gasteiger partial charge in [0.15, 0.2) is 5.69 Å². The second-order valence-corrected chi connectivity index (χ2v) is 5.13. The van der Waals surface area contributed by atoms with Crippen LogP contribution in [-0.2, 0) is 17.7 Å². The molecule has 0 aliphatic heterocycles. The van der Waals surface area contributed by atoms with Gasteiger partial charge in [0.2, 0.25) is 0 Å². The number of nitrogens with zero attached hydrogens (tertiary/aromatic N) is 4. The third-order valence-corrected chi connectivity index (χ3v) is 3.34. The lowest BCUT2D eigenvalue weighted by atomic mass is 10.2. The largest absolute Gasteiger partial charge is 0.461 e. The zero-order chi connectivity index (χ0) is 16.8. The minimum Gasteiger partial charge on any atom is -0.461 e. The van der Waals surface area contributed by atoms with Crippen LogP contribution < -0.4 is 0 Å². The van der Waals surface area contributed by atoms with Crippen molar-refractivity contribution in [3.05, 3.63) is 77.6 Å². The Kier molecular flexibility index (Phi) is 4.90. The quantitative estimate of drug-likeness (QED) is 0.650. The van der Waals surface area contributed by atoms with Crippen LogP contribution in [0.4, 0.5) is 4.39 Å². The Labute approximate surface area is 137 Å². The molecular weight excluding hydrogens is 311 g/mol. The van der Waals surface area contributed by atoms with Gasteiger partial charge in [0.25, 0.3) is 0 Å². The summed E-state index contributed by atoms with van der Waals surface area (Å²) in [7, 11) is 0. The van der Waals surface area contributed by atoms with Crippen LogP contribution in [-0.4, -0.2) is 32.6 Å². The van der Waals surface area contributed by atoms with Gasteiger partial charge in [-0.25, -0.2) is 13.9 Å². The van der Waals surface area contributed by atoms with Gasteiger partial charge in [-0.3, -0.25) is 4.98 Å². The molecule has 0 aliphatic carbocycles. The summed E-state index contributed by atoms with van der Waals surface area (Å²) < 4.78 is 19.5. The van der Waals surface area contributed by atoms with Crippen molar-refractivity contribution in [3.8, 4) is 0 Å². The van der Waals surface area contributed by atoms with E-state index in [0.29, 0.717) is 13.0 Å². The first kappa shape index (κ1) is 15.8. The second kappa shape index (κ2) is 7.45. The van der Waals surface area contributed by atoms with Crippen molar-refractivity contribution in [3.63, 3.8) is 0 Å². The number of hydrogen-bond acceptors (Lipinski definition) is 5. The smallest absolute Gasteiger partial charge is 0.360 e. The molecule has 0 amide bonds. The number of pyridine rings is 1. The summed E-state index contributed by atoms with van der Waals surface area (Å²) in [5, 5.41) is 7.70. The van der Waals surface area contributed by atoms with E-state index in [9.17, 15) is 9.18 Å². The Balaban J connectivity index is 1.51. The van der Waals surface area contributed by atoms with Crippen molar-refractivity contribution >= 4 is 5.97 Å². The highest BCUT2D eigenvalue weighted by molar-refractivity contribution is 5.86. The lowest BCUT2D eigenvalue weighted by Crippen LogP contribution is -2.08. The average Bonchev–Trinajstić information content (AvgIpc) is 3.06. The number of ether oxygens (including phenoxy) is 1. The first-order valence-electron chi connectivity index (χ1n) is 7.42. The summed E-state index contributed by atoms with van der Waals surface area (Å²) in [6.07, 6.45) is 3.72. The molecular formula is C17H15FN4O2. The van der Waals surface area contributed by atoms with Crippen LogP contribution in [0, 0.1) is 5.82 Å². The number of carbonyl (C=O) groups excluding carboxylic acids is 1. The molecule has 0 fully saturated rings. The number of hydrogen-bond donors (Lipinski definition) is 0. The Morgan fingerprint density at radius 3 is 2.75 bits per heavy atom. The van der Waals surface area contributed by atoms with Crippen LogP contribution in [0.5, 0.6) is 0 Å². The lowest BCUT2D eigenvalue weighted by molar-refractivity contribution is 0.0502. The van der Waals surface area contributed by atoms with Gasteiger partial charge < -0.3 is 4.74 Å². The van der Waals surface area contributed by atoms with Crippen LogP contribution in [0.3, 0.4) is 0 Å². The predicted molar refractivity (Wildman–Crippen MR) is 83.7 cm³/mol. The monoisotopic (exact) mass is 326 g/mol. The molecule has 0 bridgehead atoms. The third-order valence-electron chi connectivity index (χ3n) is 3.34. The highest BCUT2D eigenvalue weighted by Crippen LogP contribution is 2.05.